The molecule has 0 saturated carbocycles. The summed E-state index contributed by atoms with van der Waals surface area (Å²) in [5.74, 6) is 0.0141. The largest absolute Gasteiger partial charge is 0.366 e. The highest BCUT2D eigenvalue weighted by molar-refractivity contribution is 5.92. The smallest absolute Gasteiger partial charge is 0.251 e. The predicted molar refractivity (Wildman–Crippen MR) is 112 cm³/mol. The molecule has 1 aromatic carbocycles. The second kappa shape index (κ2) is 9.79. The summed E-state index contributed by atoms with van der Waals surface area (Å²) in [6, 6.07) is 9.96. The fourth-order valence-corrected chi connectivity index (χ4v) is 3.23. The number of nitrogens with zero attached hydrogens (tertiary/aromatic N) is 4. The zero-order valence-electron chi connectivity index (χ0n) is 16.5. The van der Waals surface area contributed by atoms with Gasteiger partial charge in [0.1, 0.15) is 0 Å². The molecule has 1 saturated heterocycles. The van der Waals surface area contributed by atoms with Crippen molar-refractivity contribution in [3.05, 3.63) is 59.9 Å². The van der Waals surface area contributed by atoms with Crippen molar-refractivity contribution in [3.8, 4) is 0 Å². The molecule has 1 unspecified atom stereocenters. The Bertz CT molecular complexity index is 845. The van der Waals surface area contributed by atoms with E-state index in [1.807, 2.05) is 42.5 Å². The minimum absolute atomic E-state index is 0.0470. The molecule has 1 aliphatic heterocycles. The van der Waals surface area contributed by atoms with Gasteiger partial charge in [-0.1, -0.05) is 42.5 Å². The number of carbonyl (C=O) groups excluding carboxylic acids is 2. The Morgan fingerprint density at radius 2 is 1.79 bits per heavy atom. The monoisotopic (exact) mass is 394 g/mol. The molecule has 0 radical (unpaired) electrons. The number of nitrogens with one attached hydrogen (secondary N) is 1. The van der Waals surface area contributed by atoms with E-state index in [0.29, 0.717) is 11.5 Å². The number of rotatable bonds is 7. The van der Waals surface area contributed by atoms with Gasteiger partial charge in [-0.3, -0.25) is 14.5 Å². The summed E-state index contributed by atoms with van der Waals surface area (Å²) in [4.78, 5) is 35.6. The van der Waals surface area contributed by atoms with E-state index in [1.165, 1.54) is 19.3 Å². The molecule has 1 aliphatic rings. The summed E-state index contributed by atoms with van der Waals surface area (Å²) in [5.41, 5.74) is 6.63. The van der Waals surface area contributed by atoms with Crippen LogP contribution in [0.2, 0.25) is 0 Å². The van der Waals surface area contributed by atoms with Crippen LogP contribution in [0, 0.1) is 0 Å². The molecule has 29 heavy (non-hydrogen) atoms. The molecule has 152 valence electrons. The number of aromatic nitrogens is 2. The molecule has 2 heterocycles. The van der Waals surface area contributed by atoms with Gasteiger partial charge < -0.3 is 16.0 Å². The molecule has 2 aromatic rings. The van der Waals surface area contributed by atoms with Crippen LogP contribution in [-0.2, 0) is 4.79 Å². The van der Waals surface area contributed by atoms with Crippen LogP contribution < -0.4 is 16.0 Å². The summed E-state index contributed by atoms with van der Waals surface area (Å²) in [6.45, 7) is 5.47. The van der Waals surface area contributed by atoms with Gasteiger partial charge in [0.2, 0.25) is 11.9 Å². The maximum absolute atomic E-state index is 11.6. The number of nitrogens with two attached hydrogens (primary N) is 1. The van der Waals surface area contributed by atoms with E-state index in [2.05, 4.69) is 25.1 Å². The van der Waals surface area contributed by atoms with Crippen molar-refractivity contribution in [1.29, 1.82) is 0 Å². The predicted octanol–water partition coefficient (Wildman–Crippen LogP) is 0.916. The number of benzene rings is 1. The number of hydrogen-bond acceptors (Lipinski definition) is 6. The van der Waals surface area contributed by atoms with Crippen LogP contribution in [-0.4, -0.2) is 65.4 Å². The maximum atomic E-state index is 11.6. The minimum atomic E-state index is -0.533. The SMILES string of the molecule is CC(=O)NC(/C=C/c1ccccc1)CN1CCN(c2ncc(C(N)=O)cn2)CC1. The summed E-state index contributed by atoms with van der Waals surface area (Å²) >= 11 is 0. The van der Waals surface area contributed by atoms with Gasteiger partial charge in [0.15, 0.2) is 0 Å². The van der Waals surface area contributed by atoms with Crippen LogP contribution in [0.15, 0.2) is 48.8 Å². The second-order valence-corrected chi connectivity index (χ2v) is 7.00. The molecule has 1 aromatic heterocycles. The molecule has 0 aliphatic carbocycles. The summed E-state index contributed by atoms with van der Waals surface area (Å²) in [6.07, 6.45) is 6.98. The second-order valence-electron chi connectivity index (χ2n) is 7.00. The Morgan fingerprint density at radius 3 is 2.38 bits per heavy atom. The van der Waals surface area contributed by atoms with E-state index in [-0.39, 0.29) is 11.9 Å². The minimum Gasteiger partial charge on any atom is -0.366 e. The van der Waals surface area contributed by atoms with Crippen LogP contribution in [0.1, 0.15) is 22.8 Å². The fraction of sp³-hybridized carbons (Fsp3) is 0.333. The van der Waals surface area contributed by atoms with Crippen molar-refractivity contribution in [1.82, 2.24) is 20.2 Å². The molecule has 2 amide bonds. The van der Waals surface area contributed by atoms with Crippen molar-refractivity contribution >= 4 is 23.8 Å². The first-order chi connectivity index (χ1) is 14.0. The van der Waals surface area contributed by atoms with Crippen molar-refractivity contribution in [2.45, 2.75) is 13.0 Å². The quantitative estimate of drug-likeness (QED) is 0.724. The highest BCUT2D eigenvalue weighted by Crippen LogP contribution is 2.12. The molecular formula is C21H26N6O2. The standard InChI is InChI=1S/C21H26N6O2/c1-16(28)25-19(8-7-17-5-3-2-4-6-17)15-26-9-11-27(12-10-26)21-23-13-18(14-24-21)20(22)29/h2-8,13-14,19H,9-12,15H2,1H3,(H2,22,29)(H,25,28)/b8-7+. The van der Waals surface area contributed by atoms with E-state index in [0.717, 1.165) is 38.3 Å². The molecule has 1 atom stereocenters. The van der Waals surface area contributed by atoms with Gasteiger partial charge in [0, 0.05) is 52.0 Å². The van der Waals surface area contributed by atoms with Crippen molar-refractivity contribution < 1.29 is 9.59 Å². The average Bonchev–Trinajstić information content (AvgIpc) is 2.73. The third-order valence-corrected chi connectivity index (χ3v) is 4.74. The Balaban J connectivity index is 1.56. The van der Waals surface area contributed by atoms with Gasteiger partial charge in [-0.05, 0) is 5.56 Å². The van der Waals surface area contributed by atoms with E-state index < -0.39 is 5.91 Å². The fourth-order valence-electron chi connectivity index (χ4n) is 3.23. The van der Waals surface area contributed by atoms with Crippen LogP contribution in [0.3, 0.4) is 0 Å². The number of carbonyl (C=O) groups is 2. The van der Waals surface area contributed by atoms with Crippen LogP contribution in [0.5, 0.6) is 0 Å². The normalized spacial score (nSPS) is 16.0. The third kappa shape index (κ3) is 6.11. The molecule has 1 fully saturated rings. The van der Waals surface area contributed by atoms with Gasteiger partial charge in [-0.15, -0.1) is 0 Å². The summed E-state index contributed by atoms with van der Waals surface area (Å²) in [5, 5.41) is 3.01. The van der Waals surface area contributed by atoms with Gasteiger partial charge in [0.05, 0.1) is 11.6 Å². The van der Waals surface area contributed by atoms with Crippen LogP contribution in [0.25, 0.3) is 6.08 Å². The Labute approximate surface area is 170 Å². The average molecular weight is 394 g/mol. The topological polar surface area (TPSA) is 104 Å². The lowest BCUT2D eigenvalue weighted by molar-refractivity contribution is -0.119. The third-order valence-electron chi connectivity index (χ3n) is 4.74. The number of anilines is 1. The first-order valence-electron chi connectivity index (χ1n) is 9.61. The summed E-state index contributed by atoms with van der Waals surface area (Å²) in [7, 11) is 0. The van der Waals surface area contributed by atoms with E-state index >= 15 is 0 Å². The first kappa shape index (κ1) is 20.5. The zero-order valence-corrected chi connectivity index (χ0v) is 16.5. The first-order valence-corrected chi connectivity index (χ1v) is 9.61. The highest BCUT2D eigenvalue weighted by atomic mass is 16.1. The van der Waals surface area contributed by atoms with Crippen LogP contribution >= 0.6 is 0 Å². The van der Waals surface area contributed by atoms with E-state index in [9.17, 15) is 9.59 Å². The van der Waals surface area contributed by atoms with Gasteiger partial charge in [-0.25, -0.2) is 9.97 Å². The Kier molecular flexibility index (Phi) is 6.91. The molecule has 0 bridgehead atoms. The number of amides is 2. The summed E-state index contributed by atoms with van der Waals surface area (Å²) < 4.78 is 0. The van der Waals surface area contributed by atoms with Gasteiger partial charge >= 0.3 is 0 Å². The molecule has 0 spiro atoms. The molecular weight excluding hydrogens is 368 g/mol. The Morgan fingerprint density at radius 1 is 1.14 bits per heavy atom. The molecule has 8 heteroatoms. The lowest BCUT2D eigenvalue weighted by atomic mass is 10.1. The van der Waals surface area contributed by atoms with E-state index in [1.54, 1.807) is 0 Å². The van der Waals surface area contributed by atoms with Crippen molar-refractivity contribution in [2.24, 2.45) is 5.73 Å². The Hall–Kier alpha value is -3.26. The molecule has 3 rings (SSSR count). The molecule has 8 nitrogen and oxygen atoms in total. The van der Waals surface area contributed by atoms with Gasteiger partial charge in [0.25, 0.3) is 5.91 Å². The van der Waals surface area contributed by atoms with Crippen LogP contribution in [0.4, 0.5) is 5.95 Å². The highest BCUT2D eigenvalue weighted by Gasteiger charge is 2.21. The van der Waals surface area contributed by atoms with Crippen molar-refractivity contribution in [2.75, 3.05) is 37.6 Å². The zero-order chi connectivity index (χ0) is 20.6. The number of hydrogen-bond donors (Lipinski definition) is 2. The lowest BCUT2D eigenvalue weighted by Crippen LogP contribution is -2.51. The number of primary amides is 1. The number of piperazine rings is 1. The maximum Gasteiger partial charge on any atom is 0.251 e. The van der Waals surface area contributed by atoms with E-state index in [4.69, 9.17) is 5.73 Å². The molecule has 3 N–H and O–H groups in total. The lowest BCUT2D eigenvalue weighted by Gasteiger charge is -2.36. The van der Waals surface area contributed by atoms with Crippen molar-refractivity contribution in [3.63, 3.8) is 0 Å². The van der Waals surface area contributed by atoms with Gasteiger partial charge in [-0.2, -0.15) is 0 Å².